The molecule has 0 aromatic heterocycles. The second-order valence-corrected chi connectivity index (χ2v) is 7.30. The number of hydrogen-bond acceptors (Lipinski definition) is 3. The van der Waals surface area contributed by atoms with E-state index in [4.69, 9.17) is 0 Å². The molecule has 3 N–H and O–H groups in total. The van der Waals surface area contributed by atoms with E-state index in [-0.39, 0.29) is 18.1 Å². The fourth-order valence-corrected chi connectivity index (χ4v) is 2.92. The van der Waals surface area contributed by atoms with Crippen LogP contribution in [-0.2, 0) is 10.2 Å². The maximum atomic E-state index is 12.0. The first kappa shape index (κ1) is 17.0. The molecular weight excluding hydrogens is 276 g/mol. The van der Waals surface area contributed by atoms with E-state index in [0.29, 0.717) is 12.5 Å². The van der Waals surface area contributed by atoms with Crippen molar-refractivity contribution < 1.29 is 9.90 Å². The van der Waals surface area contributed by atoms with Crippen molar-refractivity contribution in [1.29, 1.82) is 0 Å². The minimum atomic E-state index is -0.484. The fraction of sp³-hybridized carbons (Fsp3) is 0.611. The molecule has 1 heterocycles. The van der Waals surface area contributed by atoms with Gasteiger partial charge >= 0.3 is 0 Å². The van der Waals surface area contributed by atoms with Gasteiger partial charge in [-0.1, -0.05) is 26.0 Å². The average molecular weight is 304 g/mol. The third-order valence-corrected chi connectivity index (χ3v) is 4.44. The van der Waals surface area contributed by atoms with Gasteiger partial charge < -0.3 is 15.7 Å². The van der Waals surface area contributed by atoms with Crippen LogP contribution in [0.1, 0.15) is 58.2 Å². The van der Waals surface area contributed by atoms with Crippen LogP contribution in [0.5, 0.6) is 0 Å². The molecule has 4 heteroatoms. The number of benzene rings is 1. The molecule has 1 amide bonds. The summed E-state index contributed by atoms with van der Waals surface area (Å²) in [6.45, 7) is 10.8. The molecule has 0 spiro atoms. The van der Waals surface area contributed by atoms with Gasteiger partial charge in [0, 0.05) is 18.3 Å². The molecule has 0 aliphatic carbocycles. The van der Waals surface area contributed by atoms with Gasteiger partial charge in [-0.2, -0.15) is 0 Å². The highest BCUT2D eigenvalue weighted by Gasteiger charge is 2.38. The number of amides is 1. The lowest BCUT2D eigenvalue weighted by atomic mass is 9.85. The molecule has 2 atom stereocenters. The van der Waals surface area contributed by atoms with Gasteiger partial charge in [0.25, 0.3) is 0 Å². The molecule has 1 aliphatic rings. The Balaban J connectivity index is 2.05. The third-order valence-electron chi connectivity index (χ3n) is 4.44. The minimum Gasteiger partial charge on any atom is -0.392 e. The fourth-order valence-electron chi connectivity index (χ4n) is 2.92. The van der Waals surface area contributed by atoms with E-state index >= 15 is 0 Å². The summed E-state index contributed by atoms with van der Waals surface area (Å²) in [5.74, 6) is 0.539. The van der Waals surface area contributed by atoms with Crippen LogP contribution in [0.3, 0.4) is 0 Å². The molecule has 2 unspecified atom stereocenters. The molecule has 0 radical (unpaired) electrons. The van der Waals surface area contributed by atoms with Crippen molar-refractivity contribution in [2.24, 2.45) is 5.92 Å². The van der Waals surface area contributed by atoms with Crippen molar-refractivity contribution in [3.8, 4) is 0 Å². The Labute approximate surface area is 133 Å². The molecular formula is C18H28N2O2. The Bertz CT molecular complexity index is 552. The van der Waals surface area contributed by atoms with Gasteiger partial charge in [-0.05, 0) is 50.3 Å². The van der Waals surface area contributed by atoms with Crippen molar-refractivity contribution in [1.82, 2.24) is 5.32 Å². The van der Waals surface area contributed by atoms with Crippen LogP contribution in [0.2, 0.25) is 0 Å². The predicted octanol–water partition coefficient (Wildman–Crippen LogP) is 2.97. The van der Waals surface area contributed by atoms with Crippen molar-refractivity contribution in [3.63, 3.8) is 0 Å². The number of aliphatic hydroxyl groups excluding tert-OH is 1. The normalized spacial score (nSPS) is 19.0. The van der Waals surface area contributed by atoms with E-state index in [2.05, 4.69) is 37.5 Å². The molecule has 0 bridgehead atoms. The molecule has 0 fully saturated rings. The van der Waals surface area contributed by atoms with Gasteiger partial charge in [0.2, 0.25) is 5.91 Å². The topological polar surface area (TPSA) is 61.4 Å². The third kappa shape index (κ3) is 3.50. The zero-order valence-electron chi connectivity index (χ0n) is 14.2. The molecule has 122 valence electrons. The average Bonchev–Trinajstić information content (AvgIpc) is 2.65. The van der Waals surface area contributed by atoms with Crippen molar-refractivity contribution in [2.45, 2.75) is 58.6 Å². The van der Waals surface area contributed by atoms with Crippen LogP contribution in [-0.4, -0.2) is 23.7 Å². The second-order valence-electron chi connectivity index (χ2n) is 7.30. The Morgan fingerprint density at radius 1 is 1.27 bits per heavy atom. The van der Waals surface area contributed by atoms with Crippen LogP contribution >= 0.6 is 0 Å². The Hall–Kier alpha value is -1.39. The van der Waals surface area contributed by atoms with Crippen LogP contribution in [0.15, 0.2) is 18.2 Å². The maximum absolute atomic E-state index is 12.0. The van der Waals surface area contributed by atoms with Crippen LogP contribution < -0.4 is 10.6 Å². The zero-order valence-corrected chi connectivity index (χ0v) is 14.2. The number of carbonyl (C=O) groups excluding carboxylic acids is 1. The molecule has 1 aliphatic heterocycles. The summed E-state index contributed by atoms with van der Waals surface area (Å²) in [6, 6.07) is 6.24. The summed E-state index contributed by atoms with van der Waals surface area (Å²) in [4.78, 5) is 12.0. The molecule has 4 nitrogen and oxygen atoms in total. The van der Waals surface area contributed by atoms with Crippen LogP contribution in [0, 0.1) is 5.92 Å². The van der Waals surface area contributed by atoms with Crippen molar-refractivity contribution in [3.05, 3.63) is 29.3 Å². The van der Waals surface area contributed by atoms with Crippen molar-refractivity contribution in [2.75, 3.05) is 11.9 Å². The highest BCUT2D eigenvalue weighted by atomic mass is 16.3. The van der Waals surface area contributed by atoms with Crippen LogP contribution in [0.4, 0.5) is 5.69 Å². The highest BCUT2D eigenvalue weighted by Crippen LogP contribution is 2.38. The van der Waals surface area contributed by atoms with Gasteiger partial charge in [-0.15, -0.1) is 0 Å². The van der Waals surface area contributed by atoms with Crippen molar-refractivity contribution >= 4 is 11.6 Å². The SMILES string of the molecule is CC(C)CC(O)CNC(C)c1ccc2c(c1)C(C)(C)C(=O)N2. The summed E-state index contributed by atoms with van der Waals surface area (Å²) in [6.07, 6.45) is 0.478. The Kier molecular flexibility index (Phi) is 4.93. The molecule has 2 rings (SSSR count). The molecule has 0 saturated carbocycles. The maximum Gasteiger partial charge on any atom is 0.234 e. The summed E-state index contributed by atoms with van der Waals surface area (Å²) < 4.78 is 0. The lowest BCUT2D eigenvalue weighted by Crippen LogP contribution is -2.30. The van der Waals surface area contributed by atoms with Gasteiger partial charge in [-0.25, -0.2) is 0 Å². The van der Waals surface area contributed by atoms with E-state index in [9.17, 15) is 9.90 Å². The summed E-state index contributed by atoms with van der Waals surface area (Å²) in [5, 5.41) is 16.3. The van der Waals surface area contributed by atoms with Crippen LogP contribution in [0.25, 0.3) is 0 Å². The largest absolute Gasteiger partial charge is 0.392 e. The minimum absolute atomic E-state index is 0.0487. The van der Waals surface area contributed by atoms with E-state index in [1.165, 1.54) is 0 Å². The lowest BCUT2D eigenvalue weighted by molar-refractivity contribution is -0.119. The zero-order chi connectivity index (χ0) is 16.5. The standard InChI is InChI=1S/C18H28N2O2/c1-11(2)8-14(21)10-19-12(3)13-6-7-16-15(9-13)18(4,5)17(22)20-16/h6-7,9,11-12,14,19,21H,8,10H2,1-5H3,(H,20,22). The van der Waals surface area contributed by atoms with Gasteiger partial charge in [-0.3, -0.25) is 4.79 Å². The summed E-state index contributed by atoms with van der Waals surface area (Å²) in [7, 11) is 0. The summed E-state index contributed by atoms with van der Waals surface area (Å²) >= 11 is 0. The monoisotopic (exact) mass is 304 g/mol. The number of hydrogen-bond donors (Lipinski definition) is 3. The van der Waals surface area contributed by atoms with E-state index < -0.39 is 5.41 Å². The lowest BCUT2D eigenvalue weighted by Gasteiger charge is -2.21. The quantitative estimate of drug-likeness (QED) is 0.757. The molecule has 1 aromatic rings. The number of fused-ring (bicyclic) bond motifs is 1. The first-order valence-electron chi connectivity index (χ1n) is 8.09. The number of rotatable bonds is 6. The first-order chi connectivity index (χ1) is 10.2. The smallest absolute Gasteiger partial charge is 0.234 e. The van der Waals surface area contributed by atoms with Gasteiger partial charge in [0.05, 0.1) is 11.5 Å². The predicted molar refractivity (Wildman–Crippen MR) is 90.0 cm³/mol. The number of carbonyl (C=O) groups is 1. The molecule has 22 heavy (non-hydrogen) atoms. The van der Waals surface area contributed by atoms with E-state index in [1.807, 2.05) is 26.0 Å². The summed E-state index contributed by atoms with van der Waals surface area (Å²) in [5.41, 5.74) is 2.61. The Morgan fingerprint density at radius 3 is 2.59 bits per heavy atom. The van der Waals surface area contributed by atoms with Gasteiger partial charge in [0.15, 0.2) is 0 Å². The molecule has 0 saturated heterocycles. The van der Waals surface area contributed by atoms with E-state index in [0.717, 1.165) is 23.2 Å². The number of anilines is 1. The Morgan fingerprint density at radius 2 is 1.95 bits per heavy atom. The number of aliphatic hydroxyl groups is 1. The molecule has 1 aromatic carbocycles. The van der Waals surface area contributed by atoms with E-state index in [1.54, 1.807) is 0 Å². The second kappa shape index (κ2) is 6.39. The first-order valence-corrected chi connectivity index (χ1v) is 8.09. The number of nitrogens with one attached hydrogen (secondary N) is 2. The highest BCUT2D eigenvalue weighted by molar-refractivity contribution is 6.05. The van der Waals surface area contributed by atoms with Gasteiger partial charge in [0.1, 0.15) is 0 Å².